The molecule has 1 aromatic carbocycles. The lowest BCUT2D eigenvalue weighted by molar-refractivity contribution is 0.00206. The van der Waals surface area contributed by atoms with Gasteiger partial charge in [-0.15, -0.1) is 0 Å². The van der Waals surface area contributed by atoms with Gasteiger partial charge >= 0.3 is 0 Å². The van der Waals surface area contributed by atoms with E-state index in [0.29, 0.717) is 79.3 Å². The molecule has 1 aliphatic heterocycles. The highest BCUT2D eigenvalue weighted by molar-refractivity contribution is 5.13. The third-order valence-electron chi connectivity index (χ3n) is 4.26. The van der Waals surface area contributed by atoms with Gasteiger partial charge in [0.25, 0.3) is 0 Å². The molecule has 7 nitrogen and oxygen atoms in total. The van der Waals surface area contributed by atoms with Crippen LogP contribution in [0.3, 0.4) is 0 Å². The molecular formula is C21H35NO6. The molecule has 0 atom stereocenters. The molecule has 1 aliphatic rings. The monoisotopic (exact) mass is 397 g/mol. The van der Waals surface area contributed by atoms with E-state index in [-0.39, 0.29) is 0 Å². The number of ether oxygens (including phenoxy) is 6. The van der Waals surface area contributed by atoms with Crippen LogP contribution >= 0.6 is 0 Å². The summed E-state index contributed by atoms with van der Waals surface area (Å²) in [6.45, 7) is 10.0. The molecule has 0 saturated carbocycles. The quantitative estimate of drug-likeness (QED) is 0.618. The van der Waals surface area contributed by atoms with E-state index in [9.17, 15) is 0 Å². The van der Waals surface area contributed by atoms with Crippen LogP contribution < -0.4 is 0 Å². The Kier molecular flexibility index (Phi) is 14.0. The zero-order valence-electron chi connectivity index (χ0n) is 16.9. The maximum absolute atomic E-state index is 5.71. The lowest BCUT2D eigenvalue weighted by atomic mass is 10.2. The van der Waals surface area contributed by atoms with Crippen LogP contribution in [0.2, 0.25) is 0 Å². The van der Waals surface area contributed by atoms with Gasteiger partial charge in [0.1, 0.15) is 0 Å². The van der Waals surface area contributed by atoms with Crippen molar-refractivity contribution in [3.05, 3.63) is 35.9 Å². The lowest BCUT2D eigenvalue weighted by Crippen LogP contribution is -2.34. The summed E-state index contributed by atoms with van der Waals surface area (Å²) in [4.78, 5) is 2.30. The van der Waals surface area contributed by atoms with Crippen LogP contribution in [0.25, 0.3) is 0 Å². The van der Waals surface area contributed by atoms with Crippen molar-refractivity contribution in [3.8, 4) is 0 Å². The summed E-state index contributed by atoms with van der Waals surface area (Å²) < 4.78 is 33.5. The van der Waals surface area contributed by atoms with Crippen LogP contribution in [-0.4, -0.2) is 97.2 Å². The SMILES string of the molecule is c1ccc(COCCOCCN2CCOCCOCCOCCOCC2)cc1. The highest BCUT2D eigenvalue weighted by Gasteiger charge is 2.06. The Morgan fingerprint density at radius 2 is 1.18 bits per heavy atom. The van der Waals surface area contributed by atoms with Gasteiger partial charge in [0.2, 0.25) is 0 Å². The first-order valence-corrected chi connectivity index (χ1v) is 10.2. The molecule has 7 heteroatoms. The fourth-order valence-electron chi connectivity index (χ4n) is 2.66. The largest absolute Gasteiger partial charge is 0.378 e. The fourth-order valence-corrected chi connectivity index (χ4v) is 2.66. The average Bonchev–Trinajstić information content (AvgIpc) is 2.74. The molecule has 0 aliphatic carbocycles. The van der Waals surface area contributed by atoms with Gasteiger partial charge in [-0.25, -0.2) is 0 Å². The summed E-state index contributed by atoms with van der Waals surface area (Å²) >= 11 is 0. The Balaban J connectivity index is 1.53. The molecule has 0 aromatic heterocycles. The van der Waals surface area contributed by atoms with Gasteiger partial charge in [0.15, 0.2) is 0 Å². The molecule has 28 heavy (non-hydrogen) atoms. The second-order valence-corrected chi connectivity index (χ2v) is 6.44. The molecule has 0 amide bonds. The van der Waals surface area contributed by atoms with Gasteiger partial charge < -0.3 is 28.4 Å². The molecule has 1 aromatic rings. The maximum Gasteiger partial charge on any atom is 0.0718 e. The van der Waals surface area contributed by atoms with Crippen molar-refractivity contribution < 1.29 is 28.4 Å². The minimum Gasteiger partial charge on any atom is -0.378 e. The molecular weight excluding hydrogens is 362 g/mol. The van der Waals surface area contributed by atoms with Crippen LogP contribution in [-0.2, 0) is 35.0 Å². The van der Waals surface area contributed by atoms with E-state index >= 15 is 0 Å². The standard InChI is InChI=1S/C21H35NO6/c1-2-4-21(5-3-1)20-28-19-18-25-11-8-22-6-9-23-12-14-26-16-17-27-15-13-24-10-7-22/h1-5H,6-20H2. The second kappa shape index (κ2) is 16.9. The smallest absolute Gasteiger partial charge is 0.0718 e. The van der Waals surface area contributed by atoms with Gasteiger partial charge in [0.05, 0.1) is 79.3 Å². The molecule has 1 fully saturated rings. The molecule has 0 radical (unpaired) electrons. The van der Waals surface area contributed by atoms with Crippen molar-refractivity contribution in [1.82, 2.24) is 4.90 Å². The molecule has 0 bridgehead atoms. The van der Waals surface area contributed by atoms with E-state index in [0.717, 1.165) is 19.6 Å². The van der Waals surface area contributed by atoms with Crippen molar-refractivity contribution >= 4 is 0 Å². The van der Waals surface area contributed by atoms with Crippen molar-refractivity contribution in [2.75, 3.05) is 92.3 Å². The predicted molar refractivity (Wildman–Crippen MR) is 107 cm³/mol. The Morgan fingerprint density at radius 3 is 1.79 bits per heavy atom. The molecule has 1 heterocycles. The normalized spacial score (nSPS) is 19.0. The first kappa shape index (κ1) is 23.2. The minimum absolute atomic E-state index is 0.598. The molecule has 160 valence electrons. The van der Waals surface area contributed by atoms with Crippen molar-refractivity contribution in [2.45, 2.75) is 6.61 Å². The lowest BCUT2D eigenvalue weighted by Gasteiger charge is -2.22. The Labute approximate surface area is 168 Å². The van der Waals surface area contributed by atoms with Gasteiger partial charge in [-0.3, -0.25) is 4.90 Å². The minimum atomic E-state index is 0.598. The van der Waals surface area contributed by atoms with E-state index in [1.807, 2.05) is 18.2 Å². The van der Waals surface area contributed by atoms with Crippen molar-refractivity contribution in [1.29, 1.82) is 0 Å². The van der Waals surface area contributed by atoms with E-state index in [4.69, 9.17) is 28.4 Å². The third kappa shape index (κ3) is 12.4. The van der Waals surface area contributed by atoms with Crippen LogP contribution in [0.5, 0.6) is 0 Å². The summed E-state index contributed by atoms with van der Waals surface area (Å²) in [5.74, 6) is 0. The number of hydrogen-bond donors (Lipinski definition) is 0. The number of hydrogen-bond acceptors (Lipinski definition) is 7. The highest BCUT2D eigenvalue weighted by atomic mass is 16.6. The van der Waals surface area contributed by atoms with E-state index in [1.54, 1.807) is 0 Å². The van der Waals surface area contributed by atoms with Crippen LogP contribution in [0.1, 0.15) is 5.56 Å². The van der Waals surface area contributed by atoms with Crippen molar-refractivity contribution in [2.24, 2.45) is 0 Å². The summed E-state index contributed by atoms with van der Waals surface area (Å²) in [5.41, 5.74) is 1.18. The molecule has 0 unspecified atom stereocenters. The zero-order valence-corrected chi connectivity index (χ0v) is 16.9. The number of benzene rings is 1. The topological polar surface area (TPSA) is 58.6 Å². The highest BCUT2D eigenvalue weighted by Crippen LogP contribution is 2.00. The fraction of sp³-hybridized carbons (Fsp3) is 0.714. The van der Waals surface area contributed by atoms with Crippen molar-refractivity contribution in [3.63, 3.8) is 0 Å². The Morgan fingerprint density at radius 1 is 0.643 bits per heavy atom. The first-order valence-electron chi connectivity index (χ1n) is 10.2. The average molecular weight is 398 g/mol. The first-order chi connectivity index (χ1) is 13.9. The molecule has 1 saturated heterocycles. The van der Waals surface area contributed by atoms with E-state index in [2.05, 4.69) is 17.0 Å². The Hall–Kier alpha value is -1.06. The summed E-state index contributed by atoms with van der Waals surface area (Å²) in [6, 6.07) is 10.2. The van der Waals surface area contributed by atoms with Gasteiger partial charge in [-0.05, 0) is 5.56 Å². The Bertz CT molecular complexity index is 445. The van der Waals surface area contributed by atoms with Gasteiger partial charge in [0, 0.05) is 19.6 Å². The summed E-state index contributed by atoms with van der Waals surface area (Å²) in [6.07, 6.45) is 0. The van der Waals surface area contributed by atoms with Crippen LogP contribution in [0.15, 0.2) is 30.3 Å². The summed E-state index contributed by atoms with van der Waals surface area (Å²) in [5, 5.41) is 0. The summed E-state index contributed by atoms with van der Waals surface area (Å²) in [7, 11) is 0. The van der Waals surface area contributed by atoms with Gasteiger partial charge in [-0.1, -0.05) is 30.3 Å². The maximum atomic E-state index is 5.71. The number of rotatable bonds is 8. The molecule has 2 rings (SSSR count). The number of nitrogens with zero attached hydrogens (tertiary/aromatic N) is 1. The third-order valence-corrected chi connectivity index (χ3v) is 4.26. The van der Waals surface area contributed by atoms with Gasteiger partial charge in [-0.2, -0.15) is 0 Å². The van der Waals surface area contributed by atoms with Crippen LogP contribution in [0.4, 0.5) is 0 Å². The predicted octanol–water partition coefficient (Wildman–Crippen LogP) is 1.60. The van der Waals surface area contributed by atoms with Crippen LogP contribution in [0, 0.1) is 0 Å². The zero-order chi connectivity index (χ0) is 19.5. The molecule has 0 spiro atoms. The van der Waals surface area contributed by atoms with E-state index in [1.165, 1.54) is 5.56 Å². The second-order valence-electron chi connectivity index (χ2n) is 6.44. The molecule has 0 N–H and O–H groups in total. The van der Waals surface area contributed by atoms with E-state index < -0.39 is 0 Å².